The van der Waals surface area contributed by atoms with Crippen molar-refractivity contribution in [2.45, 2.75) is 6.42 Å². The first-order chi connectivity index (χ1) is 12.5. The van der Waals surface area contributed by atoms with Crippen LogP contribution >= 0.6 is 0 Å². The van der Waals surface area contributed by atoms with Crippen LogP contribution < -0.4 is 10.6 Å². The van der Waals surface area contributed by atoms with Crippen LogP contribution in [0.1, 0.15) is 5.56 Å². The van der Waals surface area contributed by atoms with Gasteiger partial charge in [0.2, 0.25) is 0 Å². The number of benzene rings is 2. The van der Waals surface area contributed by atoms with Crippen LogP contribution in [0.3, 0.4) is 0 Å². The van der Waals surface area contributed by atoms with E-state index >= 15 is 0 Å². The molecular weight excluding hydrogens is 347 g/mol. The molecule has 3 aromatic rings. The van der Waals surface area contributed by atoms with Crippen LogP contribution in [0.15, 0.2) is 42.6 Å². The van der Waals surface area contributed by atoms with Gasteiger partial charge in [0.1, 0.15) is 0 Å². The van der Waals surface area contributed by atoms with Crippen LogP contribution in [0, 0.1) is 17.5 Å². The predicted molar refractivity (Wildman–Crippen MR) is 90.0 cm³/mol. The van der Waals surface area contributed by atoms with Crippen LogP contribution in [0.2, 0.25) is 0 Å². The smallest absolute Gasteiger partial charge is 0.313 e. The van der Waals surface area contributed by atoms with Crippen LogP contribution in [0.25, 0.3) is 10.9 Å². The van der Waals surface area contributed by atoms with Crippen molar-refractivity contribution in [2.24, 2.45) is 0 Å². The van der Waals surface area contributed by atoms with Crippen molar-refractivity contribution in [3.63, 3.8) is 0 Å². The maximum Gasteiger partial charge on any atom is 0.313 e. The van der Waals surface area contributed by atoms with Gasteiger partial charge in [-0.3, -0.25) is 9.59 Å². The molecule has 0 saturated heterocycles. The number of hydrogen-bond acceptors (Lipinski definition) is 2. The fourth-order valence-electron chi connectivity index (χ4n) is 2.53. The molecule has 0 saturated carbocycles. The number of nitrogens with one attached hydrogen (secondary N) is 3. The van der Waals surface area contributed by atoms with Crippen molar-refractivity contribution in [3.8, 4) is 0 Å². The number of para-hydroxylation sites is 1. The van der Waals surface area contributed by atoms with E-state index in [2.05, 4.69) is 10.3 Å². The normalized spacial score (nSPS) is 10.7. The lowest BCUT2D eigenvalue weighted by molar-refractivity contribution is -0.136. The highest BCUT2D eigenvalue weighted by molar-refractivity contribution is 6.39. The van der Waals surface area contributed by atoms with E-state index in [9.17, 15) is 22.8 Å². The Hall–Kier alpha value is -3.29. The van der Waals surface area contributed by atoms with Crippen molar-refractivity contribution in [2.75, 3.05) is 11.9 Å². The van der Waals surface area contributed by atoms with E-state index in [1.54, 1.807) is 0 Å². The molecule has 3 rings (SSSR count). The standard InChI is InChI=1S/C18H14F3N3O2/c19-12-5-6-14(16(21)15(12)20)24-18(26)17(25)22-8-7-10-9-23-13-4-2-1-3-11(10)13/h1-6,9,23H,7-8H2,(H,22,25)(H,24,26). The average molecular weight is 361 g/mol. The lowest BCUT2D eigenvalue weighted by atomic mass is 10.1. The van der Waals surface area contributed by atoms with Crippen LogP contribution in [-0.2, 0) is 16.0 Å². The molecule has 2 amide bonds. The van der Waals surface area contributed by atoms with Gasteiger partial charge in [-0.15, -0.1) is 0 Å². The number of hydrogen-bond donors (Lipinski definition) is 3. The molecular formula is C18H14F3N3O2. The second kappa shape index (κ2) is 7.30. The fourth-order valence-corrected chi connectivity index (χ4v) is 2.53. The molecule has 0 aliphatic heterocycles. The molecule has 0 aliphatic carbocycles. The van der Waals surface area contributed by atoms with Crippen molar-refractivity contribution in [1.82, 2.24) is 10.3 Å². The van der Waals surface area contributed by atoms with Crippen molar-refractivity contribution in [1.29, 1.82) is 0 Å². The van der Waals surface area contributed by atoms with Crippen molar-refractivity contribution < 1.29 is 22.8 Å². The lowest BCUT2D eigenvalue weighted by Gasteiger charge is -2.08. The lowest BCUT2D eigenvalue weighted by Crippen LogP contribution is -2.36. The Morgan fingerprint density at radius 3 is 2.54 bits per heavy atom. The maximum absolute atomic E-state index is 13.5. The highest BCUT2D eigenvalue weighted by atomic mass is 19.2. The van der Waals surface area contributed by atoms with Gasteiger partial charge in [0.05, 0.1) is 5.69 Å². The zero-order valence-electron chi connectivity index (χ0n) is 13.4. The molecule has 26 heavy (non-hydrogen) atoms. The summed E-state index contributed by atoms with van der Waals surface area (Å²) in [5.41, 5.74) is 1.31. The molecule has 0 unspecified atom stereocenters. The van der Waals surface area contributed by atoms with Gasteiger partial charge >= 0.3 is 11.8 Å². The summed E-state index contributed by atoms with van der Waals surface area (Å²) in [6, 6.07) is 9.13. The predicted octanol–water partition coefficient (Wildman–Crippen LogP) is 2.88. The van der Waals surface area contributed by atoms with Gasteiger partial charge in [0.25, 0.3) is 0 Å². The summed E-state index contributed by atoms with van der Waals surface area (Å²) in [7, 11) is 0. The number of fused-ring (bicyclic) bond motifs is 1. The third-order valence-electron chi connectivity index (χ3n) is 3.84. The Morgan fingerprint density at radius 1 is 0.962 bits per heavy atom. The molecule has 0 radical (unpaired) electrons. The SMILES string of the molecule is O=C(NCCc1c[nH]c2ccccc12)C(=O)Nc1ccc(F)c(F)c1F. The fraction of sp³-hybridized carbons (Fsp3) is 0.111. The Kier molecular flexibility index (Phi) is 4.92. The first kappa shape index (κ1) is 17.5. The van der Waals surface area contributed by atoms with Crippen molar-refractivity contribution in [3.05, 3.63) is 65.6 Å². The molecule has 3 N–H and O–H groups in total. The first-order valence-electron chi connectivity index (χ1n) is 7.75. The number of rotatable bonds is 4. The molecule has 0 bridgehead atoms. The number of anilines is 1. The topological polar surface area (TPSA) is 74.0 Å². The molecule has 1 aromatic heterocycles. The third kappa shape index (κ3) is 3.53. The monoisotopic (exact) mass is 361 g/mol. The molecule has 134 valence electrons. The maximum atomic E-state index is 13.5. The molecule has 0 atom stereocenters. The highest BCUT2D eigenvalue weighted by Crippen LogP contribution is 2.19. The van der Waals surface area contributed by atoms with Gasteiger partial charge in [0.15, 0.2) is 17.5 Å². The summed E-state index contributed by atoms with van der Waals surface area (Å²) < 4.78 is 39.5. The van der Waals surface area contributed by atoms with Gasteiger partial charge in [-0.25, -0.2) is 13.2 Å². The minimum Gasteiger partial charge on any atom is -0.361 e. The average Bonchev–Trinajstić information content (AvgIpc) is 3.05. The summed E-state index contributed by atoms with van der Waals surface area (Å²) in [6.07, 6.45) is 2.29. The zero-order valence-corrected chi connectivity index (χ0v) is 13.4. The van der Waals surface area contributed by atoms with E-state index in [0.29, 0.717) is 12.5 Å². The number of carbonyl (C=O) groups excluding carboxylic acids is 2. The summed E-state index contributed by atoms with van der Waals surface area (Å²) >= 11 is 0. The highest BCUT2D eigenvalue weighted by Gasteiger charge is 2.19. The molecule has 2 aromatic carbocycles. The Labute approximate surface area is 146 Å². The Morgan fingerprint density at radius 2 is 1.73 bits per heavy atom. The van der Waals surface area contributed by atoms with Crippen molar-refractivity contribution >= 4 is 28.4 Å². The molecule has 0 fully saturated rings. The number of H-pyrrole nitrogens is 1. The van der Waals surface area contributed by atoms with E-state index in [1.807, 2.05) is 35.8 Å². The van der Waals surface area contributed by atoms with Crippen LogP contribution in [-0.4, -0.2) is 23.3 Å². The van der Waals surface area contributed by atoms with Gasteiger partial charge in [0, 0.05) is 23.6 Å². The van der Waals surface area contributed by atoms with E-state index in [0.717, 1.165) is 22.5 Å². The van der Waals surface area contributed by atoms with Gasteiger partial charge in [-0.2, -0.15) is 0 Å². The number of aromatic nitrogens is 1. The van der Waals surface area contributed by atoms with E-state index < -0.39 is 35.0 Å². The van der Waals surface area contributed by atoms with E-state index in [1.165, 1.54) is 0 Å². The van der Waals surface area contributed by atoms with Crippen LogP contribution in [0.4, 0.5) is 18.9 Å². The first-order valence-corrected chi connectivity index (χ1v) is 7.75. The number of amides is 2. The number of carbonyl (C=O) groups is 2. The summed E-state index contributed by atoms with van der Waals surface area (Å²) in [4.78, 5) is 26.6. The van der Waals surface area contributed by atoms with E-state index in [-0.39, 0.29) is 6.54 Å². The largest absolute Gasteiger partial charge is 0.361 e. The quantitative estimate of drug-likeness (QED) is 0.494. The Bertz CT molecular complexity index is 985. The number of halogens is 3. The zero-order chi connectivity index (χ0) is 18.7. The second-order valence-corrected chi connectivity index (χ2v) is 5.54. The molecule has 8 heteroatoms. The van der Waals surface area contributed by atoms with Crippen LogP contribution in [0.5, 0.6) is 0 Å². The van der Waals surface area contributed by atoms with Gasteiger partial charge in [-0.1, -0.05) is 18.2 Å². The van der Waals surface area contributed by atoms with Gasteiger partial charge in [-0.05, 0) is 30.2 Å². The second-order valence-electron chi connectivity index (χ2n) is 5.54. The summed E-state index contributed by atoms with van der Waals surface area (Å²) in [5.74, 6) is -6.85. The summed E-state index contributed by atoms with van der Waals surface area (Å²) in [6.45, 7) is 0.175. The minimum absolute atomic E-state index is 0.175. The number of aromatic amines is 1. The Balaban J connectivity index is 1.56. The summed E-state index contributed by atoms with van der Waals surface area (Å²) in [5, 5.41) is 5.32. The molecule has 0 spiro atoms. The molecule has 5 nitrogen and oxygen atoms in total. The minimum atomic E-state index is -1.72. The van der Waals surface area contributed by atoms with E-state index in [4.69, 9.17) is 0 Å². The third-order valence-corrected chi connectivity index (χ3v) is 3.84. The molecule has 1 heterocycles. The molecule has 0 aliphatic rings. The van der Waals surface area contributed by atoms with Gasteiger partial charge < -0.3 is 15.6 Å².